The number of carbonyl (C=O) groups excluding carboxylic acids is 1. The van der Waals surface area contributed by atoms with Gasteiger partial charge in [-0.15, -0.1) is 10.2 Å². The van der Waals surface area contributed by atoms with Crippen LogP contribution in [0.5, 0.6) is 5.75 Å². The van der Waals surface area contributed by atoms with E-state index in [1.165, 1.54) is 0 Å². The van der Waals surface area contributed by atoms with Crippen molar-refractivity contribution in [3.63, 3.8) is 0 Å². The third-order valence-corrected chi connectivity index (χ3v) is 3.22. The summed E-state index contributed by atoms with van der Waals surface area (Å²) in [6, 6.07) is 8.79. The average Bonchev–Trinajstić information content (AvgIpc) is 3.23. The second-order valence-corrected chi connectivity index (χ2v) is 4.59. The molecule has 0 aliphatic carbocycles. The average molecular weight is 298 g/mol. The first-order valence-corrected chi connectivity index (χ1v) is 6.81. The molecule has 0 radical (unpaired) electrons. The zero-order valence-electron chi connectivity index (χ0n) is 12.2. The zero-order chi connectivity index (χ0) is 15.5. The minimum absolute atomic E-state index is 0.258. The van der Waals surface area contributed by atoms with E-state index in [-0.39, 0.29) is 5.76 Å². The highest BCUT2D eigenvalue weighted by molar-refractivity contribution is 5.76. The van der Waals surface area contributed by atoms with Gasteiger partial charge in [0.15, 0.2) is 12.0 Å². The van der Waals surface area contributed by atoms with E-state index in [1.54, 1.807) is 25.3 Å². The van der Waals surface area contributed by atoms with Gasteiger partial charge in [0, 0.05) is 12.0 Å². The van der Waals surface area contributed by atoms with Crippen molar-refractivity contribution in [1.29, 1.82) is 0 Å². The lowest BCUT2D eigenvalue weighted by Crippen LogP contribution is -1.88. The molecule has 0 amide bonds. The quantitative estimate of drug-likeness (QED) is 0.672. The lowest BCUT2D eigenvalue weighted by Gasteiger charge is -2.07. The number of aryl methyl sites for hydroxylation is 1. The van der Waals surface area contributed by atoms with Gasteiger partial charge in [-0.2, -0.15) is 0 Å². The van der Waals surface area contributed by atoms with Crippen molar-refractivity contribution in [3.8, 4) is 28.5 Å². The summed E-state index contributed by atoms with van der Waals surface area (Å²) in [6.07, 6.45) is 1.34. The standard InChI is InChI=1S/C16H14N2O4/c1-3-15-17-18-16(22-15)10-4-6-13(20-2)12(8-10)14-7-5-11(9-19)21-14/h4-9H,3H2,1-2H3. The molecule has 0 N–H and O–H groups in total. The molecule has 2 heterocycles. The number of furan rings is 1. The van der Waals surface area contributed by atoms with Gasteiger partial charge >= 0.3 is 0 Å². The number of hydrogen-bond donors (Lipinski definition) is 0. The predicted molar refractivity (Wildman–Crippen MR) is 78.8 cm³/mol. The number of aldehydes is 1. The van der Waals surface area contributed by atoms with Crippen LogP contribution in [0.15, 0.2) is 39.2 Å². The fraction of sp³-hybridized carbons (Fsp3) is 0.188. The highest BCUT2D eigenvalue weighted by Gasteiger charge is 2.15. The largest absolute Gasteiger partial charge is 0.496 e. The first-order chi connectivity index (χ1) is 10.7. The fourth-order valence-corrected chi connectivity index (χ4v) is 2.11. The van der Waals surface area contributed by atoms with Crippen LogP contribution in [0.1, 0.15) is 23.4 Å². The predicted octanol–water partition coefficient (Wildman–Crippen LogP) is 3.38. The Kier molecular flexibility index (Phi) is 3.74. The van der Waals surface area contributed by atoms with Crippen molar-refractivity contribution in [2.75, 3.05) is 7.11 Å². The van der Waals surface area contributed by atoms with E-state index in [0.29, 0.717) is 41.6 Å². The smallest absolute Gasteiger partial charge is 0.247 e. The van der Waals surface area contributed by atoms with E-state index in [0.717, 1.165) is 5.56 Å². The molecule has 0 saturated heterocycles. The molecule has 6 heteroatoms. The van der Waals surface area contributed by atoms with E-state index in [2.05, 4.69) is 10.2 Å². The van der Waals surface area contributed by atoms with Gasteiger partial charge in [0.25, 0.3) is 0 Å². The molecule has 0 bridgehead atoms. The van der Waals surface area contributed by atoms with E-state index >= 15 is 0 Å². The molecule has 22 heavy (non-hydrogen) atoms. The second kappa shape index (κ2) is 5.85. The van der Waals surface area contributed by atoms with E-state index < -0.39 is 0 Å². The number of ether oxygens (including phenoxy) is 1. The Bertz CT molecular complexity index is 804. The number of benzene rings is 1. The summed E-state index contributed by atoms with van der Waals surface area (Å²) in [4.78, 5) is 10.8. The maximum Gasteiger partial charge on any atom is 0.247 e. The summed E-state index contributed by atoms with van der Waals surface area (Å²) in [5, 5.41) is 7.98. The Morgan fingerprint density at radius 1 is 1.18 bits per heavy atom. The molecule has 3 aromatic rings. The Morgan fingerprint density at radius 2 is 2.05 bits per heavy atom. The molecule has 0 aliphatic heterocycles. The Morgan fingerprint density at radius 3 is 2.68 bits per heavy atom. The Labute approximate surface area is 126 Å². The van der Waals surface area contributed by atoms with Crippen molar-refractivity contribution >= 4 is 6.29 Å². The Hall–Kier alpha value is -2.89. The molecule has 6 nitrogen and oxygen atoms in total. The summed E-state index contributed by atoms with van der Waals surface area (Å²) in [7, 11) is 1.57. The number of rotatable bonds is 5. The molecule has 112 valence electrons. The van der Waals surface area contributed by atoms with Crippen LogP contribution in [0.25, 0.3) is 22.8 Å². The minimum atomic E-state index is 0.258. The van der Waals surface area contributed by atoms with Crippen molar-refractivity contribution in [2.24, 2.45) is 0 Å². The highest BCUT2D eigenvalue weighted by Crippen LogP contribution is 2.34. The minimum Gasteiger partial charge on any atom is -0.496 e. The molecule has 0 spiro atoms. The molecule has 3 rings (SSSR count). The maximum atomic E-state index is 10.8. The van der Waals surface area contributed by atoms with Crippen LogP contribution in [-0.2, 0) is 6.42 Å². The van der Waals surface area contributed by atoms with Crippen LogP contribution in [0.4, 0.5) is 0 Å². The zero-order valence-corrected chi connectivity index (χ0v) is 12.2. The van der Waals surface area contributed by atoms with Crippen LogP contribution in [-0.4, -0.2) is 23.6 Å². The van der Waals surface area contributed by atoms with Crippen molar-refractivity contribution in [1.82, 2.24) is 10.2 Å². The number of methoxy groups -OCH3 is 1. The summed E-state index contributed by atoms with van der Waals surface area (Å²) in [5.41, 5.74) is 1.47. The van der Waals surface area contributed by atoms with Crippen LogP contribution in [0.3, 0.4) is 0 Å². The monoisotopic (exact) mass is 298 g/mol. The number of nitrogens with zero attached hydrogens (tertiary/aromatic N) is 2. The van der Waals surface area contributed by atoms with Gasteiger partial charge in [-0.05, 0) is 30.3 Å². The molecule has 0 unspecified atom stereocenters. The second-order valence-electron chi connectivity index (χ2n) is 4.59. The van der Waals surface area contributed by atoms with Crippen LogP contribution >= 0.6 is 0 Å². The first kappa shape index (κ1) is 14.1. The van der Waals surface area contributed by atoms with Crippen molar-refractivity contribution in [2.45, 2.75) is 13.3 Å². The Balaban J connectivity index is 2.07. The van der Waals surface area contributed by atoms with Gasteiger partial charge in [0.1, 0.15) is 11.5 Å². The lowest BCUT2D eigenvalue weighted by atomic mass is 10.1. The van der Waals surface area contributed by atoms with Gasteiger partial charge in [0.05, 0.1) is 12.7 Å². The first-order valence-electron chi connectivity index (χ1n) is 6.81. The van der Waals surface area contributed by atoms with E-state index in [4.69, 9.17) is 13.6 Å². The fourth-order valence-electron chi connectivity index (χ4n) is 2.11. The molecule has 0 aliphatic rings. The van der Waals surface area contributed by atoms with Crippen molar-refractivity contribution < 1.29 is 18.4 Å². The molecule has 1 aromatic carbocycles. The number of carbonyl (C=O) groups is 1. The molecule has 0 fully saturated rings. The topological polar surface area (TPSA) is 78.4 Å². The van der Waals surface area contributed by atoms with Gasteiger partial charge in [-0.3, -0.25) is 4.79 Å². The van der Waals surface area contributed by atoms with Crippen LogP contribution < -0.4 is 4.74 Å². The van der Waals surface area contributed by atoms with Gasteiger partial charge < -0.3 is 13.6 Å². The molecule has 0 atom stereocenters. The highest BCUT2D eigenvalue weighted by atomic mass is 16.5. The van der Waals surface area contributed by atoms with E-state index in [9.17, 15) is 4.79 Å². The number of aromatic nitrogens is 2. The SMILES string of the molecule is CCc1nnc(-c2ccc(OC)c(-c3ccc(C=O)o3)c2)o1. The third kappa shape index (κ3) is 2.50. The van der Waals surface area contributed by atoms with Crippen LogP contribution in [0.2, 0.25) is 0 Å². The summed E-state index contributed by atoms with van der Waals surface area (Å²) >= 11 is 0. The molecular weight excluding hydrogens is 284 g/mol. The summed E-state index contributed by atoms with van der Waals surface area (Å²) < 4.78 is 16.4. The normalized spacial score (nSPS) is 10.6. The summed E-state index contributed by atoms with van der Waals surface area (Å²) in [5.74, 6) is 2.44. The molecule has 0 saturated carbocycles. The molecule has 2 aromatic heterocycles. The number of hydrogen-bond acceptors (Lipinski definition) is 6. The van der Waals surface area contributed by atoms with Crippen LogP contribution in [0, 0.1) is 0 Å². The third-order valence-electron chi connectivity index (χ3n) is 3.22. The van der Waals surface area contributed by atoms with Crippen molar-refractivity contribution in [3.05, 3.63) is 42.0 Å². The summed E-state index contributed by atoms with van der Waals surface area (Å²) in [6.45, 7) is 1.94. The maximum absolute atomic E-state index is 10.8. The lowest BCUT2D eigenvalue weighted by molar-refractivity contribution is 0.110. The van der Waals surface area contributed by atoms with Gasteiger partial charge in [-0.1, -0.05) is 6.92 Å². The molecular formula is C16H14N2O4. The van der Waals surface area contributed by atoms with Gasteiger partial charge in [-0.25, -0.2) is 0 Å². The van der Waals surface area contributed by atoms with E-state index in [1.807, 2.05) is 19.1 Å². The van der Waals surface area contributed by atoms with Gasteiger partial charge in [0.2, 0.25) is 11.8 Å².